The summed E-state index contributed by atoms with van der Waals surface area (Å²) in [5.41, 5.74) is 0.927. The Morgan fingerprint density at radius 2 is 2.14 bits per heavy atom. The third kappa shape index (κ3) is 5.26. The van der Waals surface area contributed by atoms with Crippen LogP contribution in [0.15, 0.2) is 10.2 Å². The summed E-state index contributed by atoms with van der Waals surface area (Å²) < 4.78 is 1.66. The number of carbonyl (C=O) groups excluding carboxylic acids is 1. The monoisotopic (exact) mass is 312 g/mol. The summed E-state index contributed by atoms with van der Waals surface area (Å²) in [5, 5.41) is 8.08. The maximum Gasteiger partial charge on any atom is 0.307 e. The number of nitrogens with zero attached hydrogens (tertiary/aromatic N) is 2. The van der Waals surface area contributed by atoms with Crippen molar-refractivity contribution in [2.24, 2.45) is 0 Å². The summed E-state index contributed by atoms with van der Waals surface area (Å²) in [5.74, 6) is 0.0211. The Bertz CT molecular complexity index is 505. The summed E-state index contributed by atoms with van der Waals surface area (Å²) in [6, 6.07) is 0. The van der Waals surface area contributed by atoms with E-state index < -0.39 is 0 Å². The molecule has 0 aromatic carbocycles. The highest BCUT2D eigenvalue weighted by Gasteiger charge is 2.09. The average molecular weight is 312 g/mol. The number of thiazole rings is 1. The molecule has 6 nitrogen and oxygen atoms in total. The molecule has 0 bridgehead atoms. The fraction of sp³-hybridized carbons (Fsp3) is 0.714. The second-order valence-electron chi connectivity index (χ2n) is 5.34. The fourth-order valence-electron chi connectivity index (χ4n) is 2.44. The van der Waals surface area contributed by atoms with Gasteiger partial charge < -0.3 is 20.1 Å². The molecule has 1 aliphatic heterocycles. The Kier molecular flexibility index (Phi) is 6.41. The molecule has 118 valence electrons. The first-order chi connectivity index (χ1) is 10.2. The van der Waals surface area contributed by atoms with Crippen LogP contribution >= 0.6 is 11.3 Å². The van der Waals surface area contributed by atoms with Crippen molar-refractivity contribution in [2.45, 2.75) is 26.3 Å². The summed E-state index contributed by atoms with van der Waals surface area (Å²) in [7, 11) is 0. The van der Waals surface area contributed by atoms with Crippen LogP contribution in [-0.4, -0.2) is 54.6 Å². The van der Waals surface area contributed by atoms with Crippen LogP contribution in [0.3, 0.4) is 0 Å². The molecule has 0 saturated carbocycles. The van der Waals surface area contributed by atoms with Crippen molar-refractivity contribution >= 4 is 17.2 Å². The molecule has 7 heteroatoms. The minimum Gasteiger partial charge on any atom is -0.356 e. The predicted octanol–water partition coefficient (Wildman–Crippen LogP) is 0.0198. The summed E-state index contributed by atoms with van der Waals surface area (Å²) >= 11 is 1.19. The molecule has 2 rings (SSSR count). The molecular formula is C14H24N4O2S. The molecule has 1 aromatic rings. The lowest BCUT2D eigenvalue weighted by molar-refractivity contribution is -0.121. The highest BCUT2D eigenvalue weighted by Crippen LogP contribution is 2.00. The lowest BCUT2D eigenvalue weighted by Gasteiger charge is -2.27. The quantitative estimate of drug-likeness (QED) is 0.697. The van der Waals surface area contributed by atoms with Crippen LogP contribution in [0, 0.1) is 6.92 Å². The van der Waals surface area contributed by atoms with Crippen molar-refractivity contribution in [1.29, 1.82) is 0 Å². The smallest absolute Gasteiger partial charge is 0.307 e. The van der Waals surface area contributed by atoms with Crippen LogP contribution in [0.1, 0.15) is 18.5 Å². The number of aryl methyl sites for hydroxylation is 1. The Labute approximate surface area is 129 Å². The molecule has 0 atom stereocenters. The van der Waals surface area contributed by atoms with E-state index in [-0.39, 0.29) is 10.8 Å². The summed E-state index contributed by atoms with van der Waals surface area (Å²) in [4.78, 5) is 25.7. The third-order valence-corrected chi connectivity index (χ3v) is 4.60. The molecule has 1 saturated heterocycles. The predicted molar refractivity (Wildman–Crippen MR) is 84.9 cm³/mol. The van der Waals surface area contributed by atoms with Gasteiger partial charge in [-0.3, -0.25) is 9.59 Å². The van der Waals surface area contributed by atoms with E-state index in [9.17, 15) is 9.59 Å². The number of hydrogen-bond donors (Lipinski definition) is 2. The van der Waals surface area contributed by atoms with Gasteiger partial charge in [0.2, 0.25) is 5.91 Å². The van der Waals surface area contributed by atoms with E-state index in [0.29, 0.717) is 19.5 Å². The van der Waals surface area contributed by atoms with Crippen molar-refractivity contribution in [2.75, 3.05) is 39.3 Å². The third-order valence-electron chi connectivity index (χ3n) is 3.72. The Morgan fingerprint density at radius 3 is 2.81 bits per heavy atom. The van der Waals surface area contributed by atoms with E-state index in [4.69, 9.17) is 0 Å². The first-order valence-corrected chi connectivity index (χ1v) is 8.39. The molecule has 0 spiro atoms. The van der Waals surface area contributed by atoms with Gasteiger partial charge in [-0.2, -0.15) is 0 Å². The van der Waals surface area contributed by atoms with Crippen molar-refractivity contribution in [3.63, 3.8) is 0 Å². The molecule has 1 fully saturated rings. The Hall–Kier alpha value is -1.18. The van der Waals surface area contributed by atoms with Crippen LogP contribution in [0.25, 0.3) is 0 Å². The molecule has 2 heterocycles. The van der Waals surface area contributed by atoms with E-state index >= 15 is 0 Å². The average Bonchev–Trinajstić information content (AvgIpc) is 2.81. The number of rotatable bonds is 7. The number of piperazine rings is 1. The number of carbonyl (C=O) groups is 1. The summed E-state index contributed by atoms with van der Waals surface area (Å²) in [6.07, 6.45) is 1.34. The number of nitrogens with one attached hydrogen (secondary N) is 2. The highest BCUT2D eigenvalue weighted by atomic mass is 32.1. The molecule has 1 amide bonds. The minimum atomic E-state index is 0.0130. The normalized spacial score (nSPS) is 16.0. The van der Waals surface area contributed by atoms with Gasteiger partial charge in [0.1, 0.15) is 0 Å². The number of amides is 1. The fourth-order valence-corrected chi connectivity index (χ4v) is 3.20. The second kappa shape index (κ2) is 8.31. The molecule has 21 heavy (non-hydrogen) atoms. The van der Waals surface area contributed by atoms with Crippen molar-refractivity contribution in [3.05, 3.63) is 20.7 Å². The Balaban J connectivity index is 1.58. The largest absolute Gasteiger partial charge is 0.356 e. The molecule has 0 aliphatic carbocycles. The molecule has 1 aromatic heterocycles. The lowest BCUT2D eigenvalue weighted by atomic mass is 10.3. The van der Waals surface area contributed by atoms with Crippen LogP contribution in [0.5, 0.6) is 0 Å². The van der Waals surface area contributed by atoms with E-state index in [1.165, 1.54) is 11.3 Å². The van der Waals surface area contributed by atoms with Crippen molar-refractivity contribution < 1.29 is 4.79 Å². The zero-order chi connectivity index (χ0) is 15.1. The Morgan fingerprint density at radius 1 is 1.38 bits per heavy atom. The zero-order valence-corrected chi connectivity index (χ0v) is 13.4. The minimum absolute atomic E-state index is 0.0130. The van der Waals surface area contributed by atoms with Gasteiger partial charge in [0, 0.05) is 56.8 Å². The van der Waals surface area contributed by atoms with Gasteiger partial charge >= 0.3 is 4.87 Å². The van der Waals surface area contributed by atoms with Gasteiger partial charge in [0.25, 0.3) is 0 Å². The highest BCUT2D eigenvalue weighted by molar-refractivity contribution is 7.07. The van der Waals surface area contributed by atoms with Gasteiger partial charge in [0.05, 0.1) is 0 Å². The molecule has 1 aliphatic rings. The zero-order valence-electron chi connectivity index (χ0n) is 12.6. The molecule has 0 radical (unpaired) electrons. The molecule has 2 N–H and O–H groups in total. The van der Waals surface area contributed by atoms with Crippen molar-refractivity contribution in [3.8, 4) is 0 Å². The van der Waals surface area contributed by atoms with Crippen LogP contribution in [0.4, 0.5) is 0 Å². The van der Waals surface area contributed by atoms with Crippen LogP contribution in [-0.2, 0) is 11.3 Å². The molecular weight excluding hydrogens is 288 g/mol. The standard InChI is InChI=1S/C14H24N4O2S/c1-12-11-21-14(20)18(12)8-3-13(19)16-4-2-7-17-9-5-15-6-10-17/h11,15H,2-10H2,1H3,(H,16,19). The van der Waals surface area contributed by atoms with Gasteiger partial charge in [-0.15, -0.1) is 0 Å². The van der Waals surface area contributed by atoms with Gasteiger partial charge in [0.15, 0.2) is 0 Å². The van der Waals surface area contributed by atoms with E-state index in [1.54, 1.807) is 4.57 Å². The lowest BCUT2D eigenvalue weighted by Crippen LogP contribution is -2.44. The van der Waals surface area contributed by atoms with E-state index in [1.807, 2.05) is 12.3 Å². The molecule has 0 unspecified atom stereocenters. The maximum atomic E-state index is 11.8. The van der Waals surface area contributed by atoms with E-state index in [2.05, 4.69) is 15.5 Å². The first kappa shape index (κ1) is 16.2. The topological polar surface area (TPSA) is 66.4 Å². The van der Waals surface area contributed by atoms with E-state index in [0.717, 1.165) is 44.8 Å². The SMILES string of the molecule is Cc1csc(=O)n1CCC(=O)NCCCN1CCNCC1. The van der Waals surface area contributed by atoms with Crippen molar-refractivity contribution in [1.82, 2.24) is 20.1 Å². The maximum absolute atomic E-state index is 11.8. The van der Waals surface area contributed by atoms with Gasteiger partial charge in [-0.05, 0) is 19.9 Å². The van der Waals surface area contributed by atoms with Crippen LogP contribution < -0.4 is 15.5 Å². The van der Waals surface area contributed by atoms with Gasteiger partial charge in [-0.25, -0.2) is 0 Å². The van der Waals surface area contributed by atoms with Crippen LogP contribution in [0.2, 0.25) is 0 Å². The second-order valence-corrected chi connectivity index (χ2v) is 6.16. The number of aromatic nitrogens is 1. The first-order valence-electron chi connectivity index (χ1n) is 7.51. The van der Waals surface area contributed by atoms with Gasteiger partial charge in [-0.1, -0.05) is 11.3 Å². The number of hydrogen-bond acceptors (Lipinski definition) is 5. The summed E-state index contributed by atoms with van der Waals surface area (Å²) in [6.45, 7) is 8.40.